The Morgan fingerprint density at radius 1 is 0.789 bits per heavy atom. The lowest BCUT2D eigenvalue weighted by Crippen LogP contribution is -2.41. The Kier molecular flexibility index (Phi) is 9.74. The van der Waals surface area contributed by atoms with E-state index in [4.69, 9.17) is 18.8 Å². The smallest absolute Gasteiger partial charge is 0.474 e. The van der Waals surface area contributed by atoms with Crippen molar-refractivity contribution in [3.8, 4) is 11.8 Å². The molecule has 0 unspecified atom stereocenters. The zero-order chi connectivity index (χ0) is 27.3. The molecule has 5 rings (SSSR count). The molecule has 3 aliphatic rings. The van der Waals surface area contributed by atoms with Gasteiger partial charge in [0.1, 0.15) is 12.2 Å². The second-order valence-corrected chi connectivity index (χ2v) is 12.5. The first-order valence-electron chi connectivity index (χ1n) is 13.6. The van der Waals surface area contributed by atoms with Gasteiger partial charge in [-0.25, -0.2) is 9.97 Å². The monoisotopic (exact) mass is 588 g/mol. The summed E-state index contributed by atoms with van der Waals surface area (Å²) < 4.78 is 25.1. The Labute approximate surface area is 236 Å². The second kappa shape index (κ2) is 12.6. The van der Waals surface area contributed by atoms with Gasteiger partial charge in [0.05, 0.1) is 11.2 Å². The van der Waals surface area contributed by atoms with Crippen LogP contribution >= 0.6 is 15.9 Å². The van der Waals surface area contributed by atoms with Crippen molar-refractivity contribution in [1.82, 2.24) is 19.8 Å². The summed E-state index contributed by atoms with van der Waals surface area (Å²) >= 11 is 3.41. The molecule has 5 heterocycles. The second-order valence-electron chi connectivity index (χ2n) is 11.6. The summed E-state index contributed by atoms with van der Waals surface area (Å²) in [6, 6.07) is 7.70. The highest BCUT2D eigenvalue weighted by molar-refractivity contribution is 9.10. The molecule has 3 aliphatic heterocycles. The van der Waals surface area contributed by atoms with Gasteiger partial charge in [-0.05, 0) is 85.1 Å². The Morgan fingerprint density at radius 2 is 1.24 bits per heavy atom. The summed E-state index contributed by atoms with van der Waals surface area (Å²) in [6.07, 6.45) is 8.35. The van der Waals surface area contributed by atoms with E-state index in [9.17, 15) is 0 Å². The molecule has 3 fully saturated rings. The maximum absolute atomic E-state index is 6.10. The fraction of sp³-hybridized carbons (Fsp3) is 0.643. The topological polar surface area (TPSA) is 69.2 Å². The van der Waals surface area contributed by atoms with Crippen LogP contribution in [0, 0.1) is 0 Å². The molecule has 0 aromatic carbocycles. The van der Waals surface area contributed by atoms with Crippen LogP contribution in [0.2, 0.25) is 0 Å². The molecule has 8 nitrogen and oxygen atoms in total. The van der Waals surface area contributed by atoms with Crippen LogP contribution in [0.3, 0.4) is 0 Å². The predicted molar refractivity (Wildman–Crippen MR) is 154 cm³/mol. The number of halogens is 1. The largest absolute Gasteiger partial charge is 0.495 e. The van der Waals surface area contributed by atoms with Crippen molar-refractivity contribution in [3.63, 3.8) is 0 Å². The molecule has 0 spiro atoms. The molecule has 0 atom stereocenters. The zero-order valence-electron chi connectivity index (χ0n) is 23.7. The molecule has 0 bridgehead atoms. The quantitative estimate of drug-likeness (QED) is 0.482. The highest BCUT2D eigenvalue weighted by atomic mass is 79.9. The van der Waals surface area contributed by atoms with Crippen molar-refractivity contribution in [3.05, 3.63) is 41.1 Å². The van der Waals surface area contributed by atoms with Gasteiger partial charge in [-0.1, -0.05) is 15.9 Å². The number of hydrogen-bond acceptors (Lipinski definition) is 8. The maximum Gasteiger partial charge on any atom is 0.495 e. The highest BCUT2D eigenvalue weighted by Gasteiger charge is 2.51. The predicted octanol–water partition coefficient (Wildman–Crippen LogP) is 4.17. The van der Waals surface area contributed by atoms with Crippen LogP contribution in [0.1, 0.15) is 53.4 Å². The zero-order valence-corrected chi connectivity index (χ0v) is 25.2. The first-order valence-corrected chi connectivity index (χ1v) is 14.4. The first-order chi connectivity index (χ1) is 18.0. The van der Waals surface area contributed by atoms with E-state index < -0.39 is 0 Å². The molecule has 0 aliphatic carbocycles. The van der Waals surface area contributed by atoms with Gasteiger partial charge in [0.25, 0.3) is 0 Å². The first kappa shape index (κ1) is 29.3. The third-order valence-electron chi connectivity index (χ3n) is 7.89. The standard InChI is InChI=1S/C17H27BN2O3.C11H15BrN2O/c1-16(2)17(3,4)23-18(22-16)13-6-9-19-15(12-13)21-14-7-10-20(5)11-8-14;1-14-6-3-10(4-7-14)15-11-8-9(12)2-5-13-11/h6,9,12,14H,7-8,10-11H2,1-5H3;2,5,8,10H,3-4,6-7H2,1H3. The molecule has 0 radical (unpaired) electrons. The lowest BCUT2D eigenvalue weighted by molar-refractivity contribution is 0.00578. The molecule has 0 amide bonds. The minimum Gasteiger partial charge on any atom is -0.474 e. The van der Waals surface area contributed by atoms with Crippen molar-refractivity contribution in [1.29, 1.82) is 0 Å². The lowest BCUT2D eigenvalue weighted by atomic mass is 9.80. The van der Waals surface area contributed by atoms with E-state index in [1.165, 1.54) is 0 Å². The highest BCUT2D eigenvalue weighted by Crippen LogP contribution is 2.36. The maximum atomic E-state index is 6.10. The number of piperidine rings is 2. The summed E-state index contributed by atoms with van der Waals surface area (Å²) in [4.78, 5) is 13.2. The van der Waals surface area contributed by atoms with E-state index in [1.807, 2.05) is 24.3 Å². The van der Waals surface area contributed by atoms with E-state index in [2.05, 4.69) is 77.5 Å². The number of hydrogen-bond donors (Lipinski definition) is 0. The summed E-state index contributed by atoms with van der Waals surface area (Å²) in [5.41, 5.74) is 0.285. The van der Waals surface area contributed by atoms with E-state index in [-0.39, 0.29) is 24.4 Å². The molecule has 3 saturated heterocycles. The number of rotatable bonds is 5. The molecule has 0 N–H and O–H groups in total. The van der Waals surface area contributed by atoms with Gasteiger partial charge in [-0.3, -0.25) is 0 Å². The van der Waals surface area contributed by atoms with E-state index in [0.717, 1.165) is 67.7 Å². The van der Waals surface area contributed by atoms with Gasteiger partial charge < -0.3 is 28.6 Å². The van der Waals surface area contributed by atoms with Crippen molar-refractivity contribution < 1.29 is 18.8 Å². The molecular weight excluding hydrogens is 547 g/mol. The van der Waals surface area contributed by atoms with E-state index >= 15 is 0 Å². The number of ether oxygens (including phenoxy) is 2. The van der Waals surface area contributed by atoms with Crippen LogP contribution < -0.4 is 14.9 Å². The van der Waals surface area contributed by atoms with Gasteiger partial charge in [0, 0.05) is 55.2 Å². The lowest BCUT2D eigenvalue weighted by Gasteiger charge is -2.32. The molecule has 38 heavy (non-hydrogen) atoms. The molecule has 2 aromatic rings. The number of nitrogens with zero attached hydrogens (tertiary/aromatic N) is 4. The van der Waals surface area contributed by atoms with Gasteiger partial charge in [0.2, 0.25) is 11.8 Å². The van der Waals surface area contributed by atoms with Crippen LogP contribution in [0.4, 0.5) is 0 Å². The molecule has 0 saturated carbocycles. The van der Waals surface area contributed by atoms with Crippen molar-refractivity contribution >= 4 is 28.5 Å². The van der Waals surface area contributed by atoms with Crippen molar-refractivity contribution in [2.45, 2.75) is 76.8 Å². The summed E-state index contributed by atoms with van der Waals surface area (Å²) in [5, 5.41) is 0. The van der Waals surface area contributed by atoms with Gasteiger partial charge in [-0.2, -0.15) is 0 Å². The third kappa shape index (κ3) is 7.91. The molecule has 208 valence electrons. The van der Waals surface area contributed by atoms with E-state index in [1.54, 1.807) is 12.4 Å². The third-order valence-corrected chi connectivity index (χ3v) is 8.38. The summed E-state index contributed by atoms with van der Waals surface area (Å²) in [5.74, 6) is 1.38. The van der Waals surface area contributed by atoms with Crippen LogP contribution in [-0.4, -0.2) is 90.6 Å². The molecule has 2 aromatic heterocycles. The Hall–Kier alpha value is -1.72. The van der Waals surface area contributed by atoms with Crippen LogP contribution in [-0.2, 0) is 9.31 Å². The van der Waals surface area contributed by atoms with Gasteiger partial charge in [-0.15, -0.1) is 0 Å². The SMILES string of the molecule is CN1CCC(Oc2cc(B3OC(C)(C)C(C)(C)O3)ccn2)CC1.CN1CCC(Oc2cc(Br)ccn2)CC1. The Bertz CT molecular complexity index is 1030. The average molecular weight is 589 g/mol. The normalized spacial score (nSPS) is 22.6. The van der Waals surface area contributed by atoms with Crippen LogP contribution in [0.5, 0.6) is 11.8 Å². The van der Waals surface area contributed by atoms with Crippen molar-refractivity contribution in [2.75, 3.05) is 40.3 Å². The Balaban J connectivity index is 0.000000194. The molecule has 10 heteroatoms. The fourth-order valence-corrected chi connectivity index (χ4v) is 4.93. The number of likely N-dealkylation sites (tertiary alicyclic amines) is 2. The van der Waals surface area contributed by atoms with Gasteiger partial charge in [0.15, 0.2) is 0 Å². The number of pyridine rings is 2. The summed E-state index contributed by atoms with van der Waals surface area (Å²) in [7, 11) is 3.92. The minimum absolute atomic E-state index is 0.243. The van der Waals surface area contributed by atoms with Crippen molar-refractivity contribution in [2.24, 2.45) is 0 Å². The van der Waals surface area contributed by atoms with E-state index in [0.29, 0.717) is 12.0 Å². The average Bonchev–Trinajstić information content (AvgIpc) is 3.09. The van der Waals surface area contributed by atoms with Crippen LogP contribution in [0.25, 0.3) is 0 Å². The molecular formula is C28H42BBrN4O4. The minimum atomic E-state index is -0.372. The number of aromatic nitrogens is 2. The van der Waals surface area contributed by atoms with Crippen LogP contribution in [0.15, 0.2) is 41.1 Å². The summed E-state index contributed by atoms with van der Waals surface area (Å²) in [6.45, 7) is 12.6. The fourth-order valence-electron chi connectivity index (χ4n) is 4.61. The van der Waals surface area contributed by atoms with Gasteiger partial charge >= 0.3 is 7.12 Å². The Morgan fingerprint density at radius 3 is 1.71 bits per heavy atom.